The van der Waals surface area contributed by atoms with Crippen LogP contribution in [0.25, 0.3) is 21.9 Å². The second kappa shape index (κ2) is 5.32. The van der Waals surface area contributed by atoms with Crippen LogP contribution in [-0.2, 0) is 4.74 Å². The summed E-state index contributed by atoms with van der Waals surface area (Å²) in [6.07, 6.45) is 0. The van der Waals surface area contributed by atoms with Gasteiger partial charge in [-0.3, -0.25) is 0 Å². The zero-order valence-electron chi connectivity index (χ0n) is 12.5. The standard InChI is InChI=1S/C19H14O4/c1-21-19(20)13-9-8-12-4-2-5-14(16(12)10-13)15-6-3-7-17-18(15)23-11-22-17/h2-10H,11H2,1H3. The Morgan fingerprint density at radius 1 is 1.00 bits per heavy atom. The third-order valence-corrected chi connectivity index (χ3v) is 3.99. The highest BCUT2D eigenvalue weighted by Crippen LogP contribution is 2.43. The molecule has 0 bridgehead atoms. The van der Waals surface area contributed by atoms with E-state index >= 15 is 0 Å². The van der Waals surface area contributed by atoms with Crippen molar-refractivity contribution in [2.45, 2.75) is 0 Å². The Bertz CT molecular complexity index is 914. The number of ether oxygens (including phenoxy) is 3. The number of fused-ring (bicyclic) bond motifs is 2. The van der Waals surface area contributed by atoms with Crippen LogP contribution >= 0.6 is 0 Å². The number of rotatable bonds is 2. The minimum Gasteiger partial charge on any atom is -0.465 e. The van der Waals surface area contributed by atoms with Crippen LogP contribution in [0.2, 0.25) is 0 Å². The van der Waals surface area contributed by atoms with Gasteiger partial charge in [-0.15, -0.1) is 0 Å². The first-order chi connectivity index (χ1) is 11.3. The smallest absolute Gasteiger partial charge is 0.337 e. The predicted octanol–water partition coefficient (Wildman–Crippen LogP) is 4.02. The van der Waals surface area contributed by atoms with Crippen molar-refractivity contribution < 1.29 is 19.0 Å². The van der Waals surface area contributed by atoms with E-state index in [0.29, 0.717) is 5.56 Å². The van der Waals surface area contributed by atoms with Crippen LogP contribution in [0.1, 0.15) is 10.4 Å². The molecule has 114 valence electrons. The molecule has 23 heavy (non-hydrogen) atoms. The molecule has 0 fully saturated rings. The van der Waals surface area contributed by atoms with Crippen LogP contribution in [0.4, 0.5) is 0 Å². The summed E-state index contributed by atoms with van der Waals surface area (Å²) in [4.78, 5) is 11.8. The minimum atomic E-state index is -0.348. The molecule has 0 spiro atoms. The average Bonchev–Trinajstić information content (AvgIpc) is 3.09. The highest BCUT2D eigenvalue weighted by Gasteiger charge is 2.19. The molecule has 0 aliphatic carbocycles. The largest absolute Gasteiger partial charge is 0.465 e. The summed E-state index contributed by atoms with van der Waals surface area (Å²) >= 11 is 0. The van der Waals surface area contributed by atoms with Gasteiger partial charge in [0.1, 0.15) is 0 Å². The van der Waals surface area contributed by atoms with Crippen LogP contribution in [-0.4, -0.2) is 19.9 Å². The molecule has 0 atom stereocenters. The number of carbonyl (C=O) groups is 1. The van der Waals surface area contributed by atoms with Gasteiger partial charge in [-0.05, 0) is 34.5 Å². The number of esters is 1. The fourth-order valence-electron chi connectivity index (χ4n) is 2.89. The number of methoxy groups -OCH3 is 1. The lowest BCUT2D eigenvalue weighted by molar-refractivity contribution is 0.0601. The Morgan fingerprint density at radius 3 is 2.70 bits per heavy atom. The van der Waals surface area contributed by atoms with E-state index in [2.05, 4.69) is 0 Å². The summed E-state index contributed by atoms with van der Waals surface area (Å²) in [5, 5.41) is 2.02. The molecule has 1 heterocycles. The summed E-state index contributed by atoms with van der Waals surface area (Å²) in [5.74, 6) is 1.13. The maximum Gasteiger partial charge on any atom is 0.337 e. The number of hydrogen-bond donors (Lipinski definition) is 0. The average molecular weight is 306 g/mol. The topological polar surface area (TPSA) is 44.8 Å². The van der Waals surface area contributed by atoms with E-state index in [-0.39, 0.29) is 12.8 Å². The first-order valence-corrected chi connectivity index (χ1v) is 7.28. The predicted molar refractivity (Wildman–Crippen MR) is 86.8 cm³/mol. The fourth-order valence-corrected chi connectivity index (χ4v) is 2.89. The molecule has 4 heteroatoms. The lowest BCUT2D eigenvalue weighted by Gasteiger charge is -2.10. The molecule has 4 nitrogen and oxygen atoms in total. The van der Waals surface area contributed by atoms with Crippen molar-refractivity contribution in [3.63, 3.8) is 0 Å². The summed E-state index contributed by atoms with van der Waals surface area (Å²) in [5.41, 5.74) is 2.47. The van der Waals surface area contributed by atoms with Crippen LogP contribution in [0, 0.1) is 0 Å². The Kier molecular flexibility index (Phi) is 3.15. The summed E-state index contributed by atoms with van der Waals surface area (Å²) < 4.78 is 15.9. The highest BCUT2D eigenvalue weighted by molar-refractivity contribution is 6.02. The Hall–Kier alpha value is -3.01. The van der Waals surface area contributed by atoms with Gasteiger partial charge in [0.25, 0.3) is 0 Å². The van der Waals surface area contributed by atoms with E-state index in [1.54, 1.807) is 6.07 Å². The van der Waals surface area contributed by atoms with Gasteiger partial charge in [-0.25, -0.2) is 4.79 Å². The molecule has 0 unspecified atom stereocenters. The Morgan fingerprint density at radius 2 is 1.83 bits per heavy atom. The zero-order valence-corrected chi connectivity index (χ0v) is 12.5. The molecule has 3 aromatic carbocycles. The van der Waals surface area contributed by atoms with E-state index in [0.717, 1.165) is 33.4 Å². The molecule has 0 saturated heterocycles. The van der Waals surface area contributed by atoms with Crippen molar-refractivity contribution >= 4 is 16.7 Å². The van der Waals surface area contributed by atoms with Gasteiger partial charge in [0.05, 0.1) is 12.7 Å². The van der Waals surface area contributed by atoms with Crippen molar-refractivity contribution in [2.75, 3.05) is 13.9 Å². The van der Waals surface area contributed by atoms with Gasteiger partial charge >= 0.3 is 5.97 Å². The quantitative estimate of drug-likeness (QED) is 0.671. The van der Waals surface area contributed by atoms with Crippen molar-refractivity contribution in [1.82, 2.24) is 0 Å². The van der Waals surface area contributed by atoms with E-state index in [4.69, 9.17) is 14.2 Å². The van der Waals surface area contributed by atoms with Crippen LogP contribution in [0.3, 0.4) is 0 Å². The Balaban J connectivity index is 1.97. The molecule has 0 amide bonds. The van der Waals surface area contributed by atoms with Gasteiger partial charge < -0.3 is 14.2 Å². The highest BCUT2D eigenvalue weighted by atomic mass is 16.7. The Labute approximate surface area is 133 Å². The normalized spacial score (nSPS) is 12.4. The van der Waals surface area contributed by atoms with Gasteiger partial charge in [0.2, 0.25) is 6.79 Å². The van der Waals surface area contributed by atoms with Crippen molar-refractivity contribution in [3.8, 4) is 22.6 Å². The summed E-state index contributed by atoms with van der Waals surface area (Å²) in [6, 6.07) is 17.4. The van der Waals surface area contributed by atoms with Gasteiger partial charge in [0, 0.05) is 5.56 Å². The molecule has 0 aromatic heterocycles. The van der Waals surface area contributed by atoms with Crippen molar-refractivity contribution in [2.24, 2.45) is 0 Å². The maximum atomic E-state index is 11.8. The third-order valence-electron chi connectivity index (χ3n) is 3.99. The number of hydrogen-bond acceptors (Lipinski definition) is 4. The molecular weight excluding hydrogens is 292 g/mol. The van der Waals surface area contributed by atoms with E-state index in [1.165, 1.54) is 7.11 Å². The lowest BCUT2D eigenvalue weighted by atomic mass is 9.96. The number of para-hydroxylation sites is 1. The van der Waals surface area contributed by atoms with Gasteiger partial charge in [-0.1, -0.05) is 36.4 Å². The molecule has 1 aliphatic heterocycles. The van der Waals surface area contributed by atoms with E-state index in [1.807, 2.05) is 48.5 Å². The lowest BCUT2D eigenvalue weighted by Crippen LogP contribution is -2.00. The number of carbonyl (C=O) groups excluding carboxylic acids is 1. The molecule has 3 aromatic rings. The number of benzene rings is 3. The molecule has 0 saturated carbocycles. The molecule has 0 radical (unpaired) electrons. The first-order valence-electron chi connectivity index (χ1n) is 7.28. The maximum absolute atomic E-state index is 11.8. The monoisotopic (exact) mass is 306 g/mol. The van der Waals surface area contributed by atoms with Gasteiger partial charge in [0.15, 0.2) is 11.5 Å². The molecular formula is C19H14O4. The molecule has 0 N–H and O–H groups in total. The van der Waals surface area contributed by atoms with Crippen molar-refractivity contribution in [3.05, 3.63) is 60.2 Å². The third kappa shape index (κ3) is 2.19. The summed E-state index contributed by atoms with van der Waals surface area (Å²) in [7, 11) is 1.38. The summed E-state index contributed by atoms with van der Waals surface area (Å²) in [6.45, 7) is 0.227. The zero-order chi connectivity index (χ0) is 15.8. The second-order valence-corrected chi connectivity index (χ2v) is 5.27. The first kappa shape index (κ1) is 13.6. The van der Waals surface area contributed by atoms with E-state index in [9.17, 15) is 4.79 Å². The second-order valence-electron chi connectivity index (χ2n) is 5.27. The van der Waals surface area contributed by atoms with E-state index < -0.39 is 0 Å². The van der Waals surface area contributed by atoms with Crippen LogP contribution < -0.4 is 9.47 Å². The molecule has 1 aliphatic rings. The fraction of sp³-hybridized carbons (Fsp3) is 0.105. The minimum absolute atomic E-state index is 0.227. The molecule has 4 rings (SSSR count). The van der Waals surface area contributed by atoms with Crippen LogP contribution in [0.5, 0.6) is 11.5 Å². The van der Waals surface area contributed by atoms with Gasteiger partial charge in [-0.2, -0.15) is 0 Å². The van der Waals surface area contributed by atoms with Crippen LogP contribution in [0.15, 0.2) is 54.6 Å². The SMILES string of the molecule is COC(=O)c1ccc2cccc(-c3cccc4c3OCO4)c2c1. The van der Waals surface area contributed by atoms with Crippen molar-refractivity contribution in [1.29, 1.82) is 0 Å².